The molecule has 0 aliphatic carbocycles. The average molecular weight is 358 g/mol. The zero-order chi connectivity index (χ0) is 15.7. The molecular formula is C16H24ClN3O2S. The zero-order valence-electron chi connectivity index (χ0n) is 13.5. The van der Waals surface area contributed by atoms with Crippen molar-refractivity contribution in [3.63, 3.8) is 0 Å². The summed E-state index contributed by atoms with van der Waals surface area (Å²) in [6.45, 7) is 4.39. The summed E-state index contributed by atoms with van der Waals surface area (Å²) in [6.07, 6.45) is 2.02. The first kappa shape index (κ1) is 18.3. The molecule has 2 heterocycles. The third-order valence-electron chi connectivity index (χ3n) is 4.62. The summed E-state index contributed by atoms with van der Waals surface area (Å²) in [5.74, 6) is 0.580. The van der Waals surface area contributed by atoms with Crippen LogP contribution in [0.1, 0.15) is 18.5 Å². The van der Waals surface area contributed by atoms with E-state index in [1.165, 1.54) is 0 Å². The average Bonchev–Trinajstić information content (AvgIpc) is 3.07. The molecule has 0 amide bonds. The highest BCUT2D eigenvalue weighted by Crippen LogP contribution is 2.28. The monoisotopic (exact) mass is 357 g/mol. The molecule has 0 bridgehead atoms. The van der Waals surface area contributed by atoms with Crippen molar-refractivity contribution in [3.05, 3.63) is 30.0 Å². The lowest BCUT2D eigenvalue weighted by atomic mass is 10.1. The normalized spacial score (nSPS) is 18.3. The Kier molecular flexibility index (Phi) is 5.73. The number of benzene rings is 1. The Hall–Kier alpha value is -1.08. The number of nitrogens with zero attached hydrogens (tertiary/aromatic N) is 1. The molecular weight excluding hydrogens is 334 g/mol. The molecule has 2 N–H and O–H groups in total. The van der Waals surface area contributed by atoms with Crippen molar-refractivity contribution in [2.75, 3.05) is 19.6 Å². The van der Waals surface area contributed by atoms with Gasteiger partial charge in [0.25, 0.3) is 0 Å². The fraction of sp³-hybridized carbons (Fsp3) is 0.500. The van der Waals surface area contributed by atoms with E-state index >= 15 is 0 Å². The number of aromatic nitrogens is 1. The predicted molar refractivity (Wildman–Crippen MR) is 95.7 cm³/mol. The fourth-order valence-electron chi connectivity index (χ4n) is 3.26. The number of nitrogens with one attached hydrogen (secondary N) is 2. The van der Waals surface area contributed by atoms with Crippen LogP contribution in [0.25, 0.3) is 10.9 Å². The van der Waals surface area contributed by atoms with Crippen LogP contribution in [0, 0.1) is 12.8 Å². The molecule has 1 aliphatic rings. The van der Waals surface area contributed by atoms with Crippen LogP contribution >= 0.6 is 12.4 Å². The third kappa shape index (κ3) is 3.55. The predicted octanol–water partition coefficient (Wildman–Crippen LogP) is 2.19. The Morgan fingerprint density at radius 3 is 2.78 bits per heavy atom. The Labute approximate surface area is 143 Å². The fourth-order valence-corrected chi connectivity index (χ4v) is 4.77. The second kappa shape index (κ2) is 7.21. The number of fused-ring (bicyclic) bond motifs is 1. The van der Waals surface area contributed by atoms with Crippen LogP contribution in [0.4, 0.5) is 0 Å². The van der Waals surface area contributed by atoms with Crippen molar-refractivity contribution in [1.29, 1.82) is 0 Å². The van der Waals surface area contributed by atoms with Crippen LogP contribution < -0.4 is 10.0 Å². The van der Waals surface area contributed by atoms with E-state index in [0.717, 1.165) is 42.5 Å². The van der Waals surface area contributed by atoms with E-state index in [9.17, 15) is 8.42 Å². The maximum Gasteiger partial charge on any atom is 0.242 e. The Morgan fingerprint density at radius 2 is 2.09 bits per heavy atom. The third-order valence-corrected chi connectivity index (χ3v) is 6.25. The van der Waals surface area contributed by atoms with Gasteiger partial charge in [-0.15, -0.1) is 12.4 Å². The Bertz CT molecular complexity index is 780. The second-order valence-electron chi connectivity index (χ2n) is 6.04. The molecule has 1 aromatic heterocycles. The molecule has 0 radical (unpaired) electrons. The van der Waals surface area contributed by atoms with Gasteiger partial charge in [-0.25, -0.2) is 13.1 Å². The van der Waals surface area contributed by atoms with E-state index in [-0.39, 0.29) is 12.4 Å². The summed E-state index contributed by atoms with van der Waals surface area (Å²) in [5.41, 5.74) is 1.72. The molecule has 7 heteroatoms. The van der Waals surface area contributed by atoms with Gasteiger partial charge in [0, 0.05) is 30.2 Å². The molecule has 1 fully saturated rings. The van der Waals surface area contributed by atoms with Gasteiger partial charge in [-0.05, 0) is 44.8 Å². The van der Waals surface area contributed by atoms with E-state index < -0.39 is 10.0 Å². The van der Waals surface area contributed by atoms with Gasteiger partial charge in [-0.1, -0.05) is 18.2 Å². The van der Waals surface area contributed by atoms with E-state index in [0.29, 0.717) is 17.4 Å². The lowest BCUT2D eigenvalue weighted by molar-refractivity contribution is 0.519. The molecule has 0 spiro atoms. The van der Waals surface area contributed by atoms with Gasteiger partial charge in [0.1, 0.15) is 4.90 Å². The Morgan fingerprint density at radius 1 is 1.35 bits per heavy atom. The molecule has 1 saturated heterocycles. The number of sulfonamides is 1. The molecule has 3 rings (SSSR count). The van der Waals surface area contributed by atoms with Crippen molar-refractivity contribution >= 4 is 33.3 Å². The van der Waals surface area contributed by atoms with Gasteiger partial charge < -0.3 is 9.88 Å². The van der Waals surface area contributed by atoms with Crippen LogP contribution in [0.15, 0.2) is 29.2 Å². The summed E-state index contributed by atoms with van der Waals surface area (Å²) in [7, 11) is -1.58. The zero-order valence-corrected chi connectivity index (χ0v) is 15.1. The first-order chi connectivity index (χ1) is 10.5. The van der Waals surface area contributed by atoms with Gasteiger partial charge >= 0.3 is 0 Å². The number of halogens is 1. The molecule has 1 unspecified atom stereocenters. The first-order valence-electron chi connectivity index (χ1n) is 7.75. The van der Waals surface area contributed by atoms with E-state index in [2.05, 4.69) is 10.0 Å². The highest BCUT2D eigenvalue weighted by molar-refractivity contribution is 7.89. The minimum atomic E-state index is -3.48. The Balaban J connectivity index is 0.00000192. The topological polar surface area (TPSA) is 63.1 Å². The van der Waals surface area contributed by atoms with Crippen LogP contribution in [0.3, 0.4) is 0 Å². The van der Waals surface area contributed by atoms with Crippen molar-refractivity contribution in [1.82, 2.24) is 14.6 Å². The minimum Gasteiger partial charge on any atom is -0.347 e. The van der Waals surface area contributed by atoms with Crippen molar-refractivity contribution in [2.24, 2.45) is 13.0 Å². The van der Waals surface area contributed by atoms with Crippen LogP contribution in [-0.2, 0) is 17.1 Å². The molecule has 128 valence electrons. The van der Waals surface area contributed by atoms with Gasteiger partial charge in [0.15, 0.2) is 0 Å². The van der Waals surface area contributed by atoms with Crippen molar-refractivity contribution in [2.45, 2.75) is 24.7 Å². The van der Waals surface area contributed by atoms with Crippen LogP contribution in [-0.4, -0.2) is 32.6 Å². The molecule has 0 saturated carbocycles. The number of aryl methyl sites for hydroxylation is 1. The lowest BCUT2D eigenvalue weighted by Crippen LogP contribution is -2.27. The molecule has 1 aliphatic heterocycles. The summed E-state index contributed by atoms with van der Waals surface area (Å²) in [5, 5.41) is 4.10. The quantitative estimate of drug-likeness (QED) is 0.862. The molecule has 2 aromatic rings. The maximum atomic E-state index is 12.7. The minimum absolute atomic E-state index is 0. The van der Waals surface area contributed by atoms with Gasteiger partial charge in [0.05, 0.1) is 0 Å². The molecule has 23 heavy (non-hydrogen) atoms. The highest BCUT2D eigenvalue weighted by Gasteiger charge is 2.24. The lowest BCUT2D eigenvalue weighted by Gasteiger charge is -2.10. The number of rotatable bonds is 5. The summed E-state index contributed by atoms with van der Waals surface area (Å²) in [6, 6.07) is 7.63. The van der Waals surface area contributed by atoms with Gasteiger partial charge in [0.2, 0.25) is 10.0 Å². The van der Waals surface area contributed by atoms with E-state index in [1.54, 1.807) is 0 Å². The van der Waals surface area contributed by atoms with Crippen molar-refractivity contribution < 1.29 is 8.42 Å². The second-order valence-corrected chi connectivity index (χ2v) is 7.74. The van der Waals surface area contributed by atoms with Gasteiger partial charge in [-0.2, -0.15) is 0 Å². The standard InChI is InChI=1S/C16H23N3O2S.ClH/c1-12-16(14-5-3-4-6-15(14)19(12)2)22(20,21)18-10-8-13-7-9-17-11-13;/h3-6,13,17-18H,7-11H2,1-2H3;1H. The van der Waals surface area contributed by atoms with E-state index in [1.807, 2.05) is 42.8 Å². The first-order valence-corrected chi connectivity index (χ1v) is 9.23. The molecule has 1 atom stereocenters. The summed E-state index contributed by atoms with van der Waals surface area (Å²) < 4.78 is 30.1. The number of para-hydroxylation sites is 1. The number of hydrogen-bond acceptors (Lipinski definition) is 3. The molecule has 1 aromatic carbocycles. The smallest absolute Gasteiger partial charge is 0.242 e. The van der Waals surface area contributed by atoms with Crippen LogP contribution in [0.2, 0.25) is 0 Å². The van der Waals surface area contributed by atoms with Crippen molar-refractivity contribution in [3.8, 4) is 0 Å². The van der Waals surface area contributed by atoms with E-state index in [4.69, 9.17) is 0 Å². The summed E-state index contributed by atoms with van der Waals surface area (Å²) >= 11 is 0. The SMILES string of the molecule is Cc1c(S(=O)(=O)NCCC2CCNC2)c2ccccc2n1C.Cl. The molecule has 5 nitrogen and oxygen atoms in total. The summed E-state index contributed by atoms with van der Waals surface area (Å²) in [4.78, 5) is 0.412. The largest absolute Gasteiger partial charge is 0.347 e. The number of hydrogen-bond donors (Lipinski definition) is 2. The highest BCUT2D eigenvalue weighted by atomic mass is 35.5. The van der Waals surface area contributed by atoms with Gasteiger partial charge in [-0.3, -0.25) is 0 Å². The van der Waals surface area contributed by atoms with Crippen LogP contribution in [0.5, 0.6) is 0 Å². The maximum absolute atomic E-state index is 12.7.